The molecule has 0 saturated carbocycles. The Morgan fingerprint density at radius 2 is 1.65 bits per heavy atom. The molecule has 4 rings (SSSR count). The van der Waals surface area contributed by atoms with Gasteiger partial charge in [0.15, 0.2) is 0 Å². The van der Waals surface area contributed by atoms with Crippen LogP contribution in [0.4, 0.5) is 15.8 Å². The number of para-hydroxylation sites is 1. The average Bonchev–Trinajstić information content (AvgIpc) is 2.86. The van der Waals surface area contributed by atoms with Gasteiger partial charge >= 0.3 is 0 Å². The summed E-state index contributed by atoms with van der Waals surface area (Å²) >= 11 is 0. The van der Waals surface area contributed by atoms with E-state index in [1.54, 1.807) is 24.3 Å². The van der Waals surface area contributed by atoms with Crippen molar-refractivity contribution in [3.8, 4) is 5.75 Å². The van der Waals surface area contributed by atoms with Crippen LogP contribution in [0.3, 0.4) is 0 Å². The minimum Gasteiger partial charge on any atom is -0.494 e. The Bertz CT molecular complexity index is 1240. The molecule has 0 atom stereocenters. The van der Waals surface area contributed by atoms with Gasteiger partial charge in [-0.15, -0.1) is 0 Å². The summed E-state index contributed by atoms with van der Waals surface area (Å²) in [6, 6.07) is 19.7. The summed E-state index contributed by atoms with van der Waals surface area (Å²) in [5.41, 5.74) is 1.14. The lowest BCUT2D eigenvalue weighted by Gasteiger charge is -2.35. The Balaban J connectivity index is 1.47. The van der Waals surface area contributed by atoms with Crippen LogP contribution >= 0.6 is 0 Å². The molecule has 34 heavy (non-hydrogen) atoms. The molecule has 178 valence electrons. The van der Waals surface area contributed by atoms with E-state index in [0.29, 0.717) is 44.2 Å². The molecule has 0 aliphatic carbocycles. The number of nitrogens with one attached hydrogen (secondary N) is 1. The number of sulfonamides is 1. The molecule has 3 aromatic rings. The first-order chi connectivity index (χ1) is 16.4. The topological polar surface area (TPSA) is 78.9 Å². The highest BCUT2D eigenvalue weighted by Crippen LogP contribution is 2.24. The summed E-state index contributed by atoms with van der Waals surface area (Å²) in [6.45, 7) is 4.04. The van der Waals surface area contributed by atoms with E-state index < -0.39 is 21.7 Å². The Morgan fingerprint density at radius 3 is 2.29 bits per heavy atom. The molecule has 0 radical (unpaired) electrons. The SMILES string of the molecule is CCOc1ccc(NC(=O)c2cc(S(=O)(=O)N3CCN(c4ccccc4)CC3)ccc2F)cc1. The summed E-state index contributed by atoms with van der Waals surface area (Å²) in [5, 5.41) is 2.60. The van der Waals surface area contributed by atoms with E-state index in [-0.39, 0.29) is 10.5 Å². The largest absolute Gasteiger partial charge is 0.494 e. The number of carbonyl (C=O) groups excluding carboxylic acids is 1. The number of carbonyl (C=O) groups is 1. The summed E-state index contributed by atoms with van der Waals surface area (Å²) in [4.78, 5) is 14.7. The van der Waals surface area contributed by atoms with Gasteiger partial charge in [0.1, 0.15) is 11.6 Å². The standard InChI is InChI=1S/C25H26FN3O4S/c1-2-33-21-10-8-19(9-11-21)27-25(30)23-18-22(12-13-24(23)26)34(31,32)29-16-14-28(15-17-29)20-6-4-3-5-7-20/h3-13,18H,2,14-17H2,1H3,(H,27,30). The molecule has 0 bridgehead atoms. The zero-order valence-corrected chi connectivity index (χ0v) is 19.6. The van der Waals surface area contributed by atoms with Gasteiger partial charge in [-0.1, -0.05) is 18.2 Å². The molecule has 1 fully saturated rings. The maximum Gasteiger partial charge on any atom is 0.258 e. The highest BCUT2D eigenvalue weighted by atomic mass is 32.2. The molecule has 3 aromatic carbocycles. The van der Waals surface area contributed by atoms with Crippen LogP contribution in [0.2, 0.25) is 0 Å². The number of hydrogen-bond donors (Lipinski definition) is 1. The molecule has 1 saturated heterocycles. The van der Waals surface area contributed by atoms with E-state index in [2.05, 4.69) is 10.2 Å². The molecule has 7 nitrogen and oxygen atoms in total. The van der Waals surface area contributed by atoms with Crippen LogP contribution in [-0.2, 0) is 10.0 Å². The van der Waals surface area contributed by atoms with Gasteiger partial charge in [0.25, 0.3) is 5.91 Å². The first-order valence-corrected chi connectivity index (χ1v) is 12.5. The smallest absolute Gasteiger partial charge is 0.258 e. The number of anilines is 2. The Morgan fingerprint density at radius 1 is 0.971 bits per heavy atom. The summed E-state index contributed by atoms with van der Waals surface area (Å²) < 4.78 is 47.6. The minimum absolute atomic E-state index is 0.112. The van der Waals surface area contributed by atoms with E-state index in [4.69, 9.17) is 4.74 Å². The molecule has 9 heteroatoms. The summed E-state index contributed by atoms with van der Waals surface area (Å²) in [6.07, 6.45) is 0. The minimum atomic E-state index is -3.88. The zero-order valence-electron chi connectivity index (χ0n) is 18.8. The summed E-state index contributed by atoms with van der Waals surface area (Å²) in [7, 11) is -3.88. The first-order valence-electron chi connectivity index (χ1n) is 11.0. The van der Waals surface area contributed by atoms with Crippen LogP contribution in [-0.4, -0.2) is 51.4 Å². The van der Waals surface area contributed by atoms with E-state index >= 15 is 0 Å². The second-order valence-electron chi connectivity index (χ2n) is 7.78. The predicted octanol–water partition coefficient (Wildman–Crippen LogP) is 3.99. The van der Waals surface area contributed by atoms with Crippen LogP contribution in [0.5, 0.6) is 5.75 Å². The highest BCUT2D eigenvalue weighted by Gasteiger charge is 2.29. The number of piperazine rings is 1. The molecule has 1 aliphatic heterocycles. The van der Waals surface area contributed by atoms with Crippen molar-refractivity contribution in [3.05, 3.63) is 84.2 Å². The number of halogens is 1. The lowest BCUT2D eigenvalue weighted by Crippen LogP contribution is -2.48. The third kappa shape index (κ3) is 5.21. The molecule has 1 heterocycles. The number of rotatable bonds is 7. The Hall–Kier alpha value is -3.43. The number of amides is 1. The Labute approximate surface area is 198 Å². The second kappa shape index (κ2) is 10.2. The predicted molar refractivity (Wildman–Crippen MR) is 129 cm³/mol. The second-order valence-corrected chi connectivity index (χ2v) is 9.72. The van der Waals surface area contributed by atoms with E-state index in [1.165, 1.54) is 10.4 Å². The average molecular weight is 484 g/mol. The van der Waals surface area contributed by atoms with Gasteiger partial charge in [-0.2, -0.15) is 4.31 Å². The van der Waals surface area contributed by atoms with Crippen LogP contribution in [0.25, 0.3) is 0 Å². The molecule has 1 amide bonds. The van der Waals surface area contributed by atoms with E-state index in [0.717, 1.165) is 17.8 Å². The quantitative estimate of drug-likeness (QED) is 0.550. The van der Waals surface area contributed by atoms with Crippen molar-refractivity contribution >= 4 is 27.3 Å². The number of nitrogens with zero attached hydrogens (tertiary/aromatic N) is 2. The fraction of sp³-hybridized carbons (Fsp3) is 0.240. The number of ether oxygens (including phenoxy) is 1. The molecule has 0 unspecified atom stereocenters. The van der Waals surface area contributed by atoms with Gasteiger partial charge in [0, 0.05) is 37.6 Å². The molecule has 0 spiro atoms. The molecule has 1 aliphatic rings. The van der Waals surface area contributed by atoms with Gasteiger partial charge in [0.05, 0.1) is 17.1 Å². The summed E-state index contributed by atoms with van der Waals surface area (Å²) in [5.74, 6) is -0.879. The lowest BCUT2D eigenvalue weighted by atomic mass is 10.2. The zero-order chi connectivity index (χ0) is 24.1. The number of hydrogen-bond acceptors (Lipinski definition) is 5. The number of benzene rings is 3. The van der Waals surface area contributed by atoms with Crippen LogP contribution < -0.4 is 15.0 Å². The van der Waals surface area contributed by atoms with Crippen molar-refractivity contribution in [1.29, 1.82) is 0 Å². The lowest BCUT2D eigenvalue weighted by molar-refractivity contribution is 0.102. The van der Waals surface area contributed by atoms with Crippen molar-refractivity contribution in [2.75, 3.05) is 43.0 Å². The normalized spacial score (nSPS) is 14.6. The Kier molecular flexibility index (Phi) is 7.14. The van der Waals surface area contributed by atoms with Crippen molar-refractivity contribution in [2.45, 2.75) is 11.8 Å². The van der Waals surface area contributed by atoms with Gasteiger partial charge in [0.2, 0.25) is 10.0 Å². The maximum atomic E-state index is 14.5. The van der Waals surface area contributed by atoms with Crippen LogP contribution in [0, 0.1) is 5.82 Å². The molecule has 0 aromatic heterocycles. The molecular weight excluding hydrogens is 457 g/mol. The van der Waals surface area contributed by atoms with Crippen molar-refractivity contribution in [3.63, 3.8) is 0 Å². The fourth-order valence-corrected chi connectivity index (χ4v) is 5.26. The van der Waals surface area contributed by atoms with Crippen molar-refractivity contribution in [1.82, 2.24) is 4.31 Å². The van der Waals surface area contributed by atoms with Gasteiger partial charge in [-0.25, -0.2) is 12.8 Å². The third-order valence-electron chi connectivity index (χ3n) is 5.60. The van der Waals surface area contributed by atoms with Gasteiger partial charge in [-0.3, -0.25) is 4.79 Å². The van der Waals surface area contributed by atoms with Crippen molar-refractivity contribution in [2.24, 2.45) is 0 Å². The van der Waals surface area contributed by atoms with E-state index in [1.807, 2.05) is 37.3 Å². The molecular formula is C25H26FN3O4S. The fourth-order valence-electron chi connectivity index (χ4n) is 3.81. The highest BCUT2D eigenvalue weighted by molar-refractivity contribution is 7.89. The maximum absolute atomic E-state index is 14.5. The van der Waals surface area contributed by atoms with Gasteiger partial charge in [-0.05, 0) is 61.5 Å². The molecule has 1 N–H and O–H groups in total. The van der Waals surface area contributed by atoms with Crippen LogP contribution in [0.1, 0.15) is 17.3 Å². The van der Waals surface area contributed by atoms with E-state index in [9.17, 15) is 17.6 Å². The first kappa shape index (κ1) is 23.7. The van der Waals surface area contributed by atoms with Crippen molar-refractivity contribution < 1.29 is 22.3 Å². The van der Waals surface area contributed by atoms with Crippen LogP contribution in [0.15, 0.2) is 77.7 Å². The van der Waals surface area contributed by atoms with Gasteiger partial charge < -0.3 is 15.0 Å². The monoisotopic (exact) mass is 483 g/mol. The third-order valence-corrected chi connectivity index (χ3v) is 7.50.